The van der Waals surface area contributed by atoms with Crippen molar-refractivity contribution in [1.29, 1.82) is 0 Å². The average Bonchev–Trinajstić information content (AvgIpc) is 2.09. The molecule has 2 N–H and O–H groups in total. The van der Waals surface area contributed by atoms with Crippen LogP contribution in [0.3, 0.4) is 0 Å². The van der Waals surface area contributed by atoms with E-state index in [4.69, 9.17) is 5.73 Å². The van der Waals surface area contributed by atoms with Crippen LogP contribution in [-0.4, -0.2) is 31.1 Å². The zero-order valence-electron chi connectivity index (χ0n) is 11.3. The fraction of sp³-hybridized carbons (Fsp3) is 1.00. The summed E-state index contributed by atoms with van der Waals surface area (Å²) in [6, 6.07) is 0.566. The Hall–Kier alpha value is -0.0800. The maximum atomic E-state index is 5.83. The van der Waals surface area contributed by atoms with E-state index in [-0.39, 0.29) is 0 Å². The lowest BCUT2D eigenvalue weighted by Crippen LogP contribution is -2.42. The van der Waals surface area contributed by atoms with Gasteiger partial charge in [0.2, 0.25) is 0 Å². The number of rotatable bonds is 7. The Morgan fingerprint density at radius 1 is 1.20 bits per heavy atom. The molecule has 0 aromatic heterocycles. The van der Waals surface area contributed by atoms with Gasteiger partial charge in [-0.3, -0.25) is 0 Å². The maximum absolute atomic E-state index is 5.83. The lowest BCUT2D eigenvalue weighted by molar-refractivity contribution is 0.166. The topological polar surface area (TPSA) is 29.3 Å². The van der Waals surface area contributed by atoms with Gasteiger partial charge >= 0.3 is 0 Å². The van der Waals surface area contributed by atoms with Crippen molar-refractivity contribution in [3.63, 3.8) is 0 Å². The molecule has 0 saturated heterocycles. The van der Waals surface area contributed by atoms with Crippen molar-refractivity contribution in [2.45, 2.75) is 59.4 Å². The molecule has 0 rings (SSSR count). The van der Waals surface area contributed by atoms with Crippen LogP contribution in [0, 0.1) is 5.41 Å². The molecule has 2 heteroatoms. The largest absolute Gasteiger partial charge is 0.329 e. The minimum absolute atomic E-state index is 0.368. The third-order valence-electron chi connectivity index (χ3n) is 2.76. The molecular weight excluding hydrogens is 184 g/mol. The first-order valence-corrected chi connectivity index (χ1v) is 6.31. The van der Waals surface area contributed by atoms with Gasteiger partial charge in [-0.2, -0.15) is 0 Å². The van der Waals surface area contributed by atoms with Gasteiger partial charge in [-0.25, -0.2) is 0 Å². The maximum Gasteiger partial charge on any atom is 0.0215 e. The molecule has 92 valence electrons. The van der Waals surface area contributed by atoms with Gasteiger partial charge in [0.25, 0.3) is 0 Å². The minimum atomic E-state index is 0.368. The van der Waals surface area contributed by atoms with Gasteiger partial charge in [0.15, 0.2) is 0 Å². The van der Waals surface area contributed by atoms with E-state index in [0.29, 0.717) is 11.5 Å². The molecule has 0 aliphatic rings. The summed E-state index contributed by atoms with van der Waals surface area (Å²) in [5.74, 6) is 0. The minimum Gasteiger partial charge on any atom is -0.329 e. The second kappa shape index (κ2) is 7.24. The van der Waals surface area contributed by atoms with E-state index in [9.17, 15) is 0 Å². The Labute approximate surface area is 96.2 Å². The van der Waals surface area contributed by atoms with E-state index in [1.807, 2.05) is 0 Å². The second-order valence-electron chi connectivity index (χ2n) is 5.86. The molecule has 0 aromatic rings. The summed E-state index contributed by atoms with van der Waals surface area (Å²) < 4.78 is 0. The van der Waals surface area contributed by atoms with Crippen LogP contribution in [-0.2, 0) is 0 Å². The molecule has 1 unspecified atom stereocenters. The number of nitrogens with zero attached hydrogens (tertiary/aromatic N) is 1. The van der Waals surface area contributed by atoms with E-state index in [0.717, 1.165) is 13.1 Å². The SMILES string of the molecule is CCCCCC(CN)N(C)CC(C)(C)C. The van der Waals surface area contributed by atoms with Crippen LogP contribution in [0.1, 0.15) is 53.4 Å². The molecule has 0 amide bonds. The Balaban J connectivity index is 3.93. The molecule has 1 atom stereocenters. The van der Waals surface area contributed by atoms with Gasteiger partial charge in [0, 0.05) is 19.1 Å². The summed E-state index contributed by atoms with van der Waals surface area (Å²) in [6.45, 7) is 11.0. The quantitative estimate of drug-likeness (QED) is 0.660. The number of nitrogens with two attached hydrogens (primary N) is 1. The number of likely N-dealkylation sites (N-methyl/N-ethyl adjacent to an activating group) is 1. The zero-order valence-corrected chi connectivity index (χ0v) is 11.3. The number of hydrogen-bond acceptors (Lipinski definition) is 2. The van der Waals surface area contributed by atoms with Gasteiger partial charge in [-0.05, 0) is 18.9 Å². The molecule has 0 spiro atoms. The standard InChI is InChI=1S/C13H30N2/c1-6-7-8-9-12(10-14)15(5)11-13(2,3)4/h12H,6-11,14H2,1-5H3. The summed E-state index contributed by atoms with van der Waals surface area (Å²) in [5.41, 5.74) is 6.20. The molecular formula is C13H30N2. The smallest absolute Gasteiger partial charge is 0.0215 e. The number of unbranched alkanes of at least 4 members (excludes halogenated alkanes) is 2. The van der Waals surface area contributed by atoms with Crippen LogP contribution in [0.25, 0.3) is 0 Å². The molecule has 0 aliphatic carbocycles. The van der Waals surface area contributed by atoms with E-state index in [2.05, 4.69) is 39.6 Å². The van der Waals surface area contributed by atoms with Gasteiger partial charge in [-0.15, -0.1) is 0 Å². The van der Waals surface area contributed by atoms with Crippen molar-refractivity contribution in [3.05, 3.63) is 0 Å². The monoisotopic (exact) mass is 214 g/mol. The van der Waals surface area contributed by atoms with Gasteiger partial charge in [0.05, 0.1) is 0 Å². The predicted octanol–water partition coefficient (Wildman–Crippen LogP) is 2.87. The molecule has 0 aromatic carbocycles. The van der Waals surface area contributed by atoms with Crippen LogP contribution < -0.4 is 5.73 Å². The summed E-state index contributed by atoms with van der Waals surface area (Å²) in [7, 11) is 2.20. The van der Waals surface area contributed by atoms with E-state index >= 15 is 0 Å². The van der Waals surface area contributed by atoms with Crippen LogP contribution in [0.15, 0.2) is 0 Å². The van der Waals surface area contributed by atoms with E-state index in [1.165, 1.54) is 25.7 Å². The van der Waals surface area contributed by atoms with Gasteiger partial charge in [-0.1, -0.05) is 47.0 Å². The fourth-order valence-corrected chi connectivity index (χ4v) is 2.03. The van der Waals surface area contributed by atoms with E-state index < -0.39 is 0 Å². The van der Waals surface area contributed by atoms with Crippen molar-refractivity contribution in [1.82, 2.24) is 4.90 Å². The first kappa shape index (κ1) is 14.9. The molecule has 0 bridgehead atoms. The lowest BCUT2D eigenvalue weighted by atomic mass is 9.95. The first-order valence-electron chi connectivity index (χ1n) is 6.31. The summed E-state index contributed by atoms with van der Waals surface area (Å²) >= 11 is 0. The van der Waals surface area contributed by atoms with Crippen LogP contribution in [0.2, 0.25) is 0 Å². The summed E-state index contributed by atoms with van der Waals surface area (Å²) in [5, 5.41) is 0. The molecule has 0 saturated carbocycles. The first-order chi connectivity index (χ1) is 6.90. The van der Waals surface area contributed by atoms with Crippen molar-refractivity contribution >= 4 is 0 Å². The molecule has 2 nitrogen and oxygen atoms in total. The molecule has 0 radical (unpaired) electrons. The second-order valence-corrected chi connectivity index (χ2v) is 5.86. The summed E-state index contributed by atoms with van der Waals surface area (Å²) in [6.07, 6.45) is 5.18. The molecule has 0 heterocycles. The zero-order chi connectivity index (χ0) is 11.9. The summed E-state index contributed by atoms with van der Waals surface area (Å²) in [4.78, 5) is 2.43. The highest BCUT2D eigenvalue weighted by Crippen LogP contribution is 2.17. The predicted molar refractivity (Wildman–Crippen MR) is 69.1 cm³/mol. The molecule has 15 heavy (non-hydrogen) atoms. The van der Waals surface area contributed by atoms with E-state index in [1.54, 1.807) is 0 Å². The molecule has 0 aliphatic heterocycles. The molecule has 0 fully saturated rings. The third kappa shape index (κ3) is 7.80. The Bertz CT molecular complexity index is 149. The van der Waals surface area contributed by atoms with Crippen molar-refractivity contribution < 1.29 is 0 Å². The van der Waals surface area contributed by atoms with Crippen molar-refractivity contribution in [2.24, 2.45) is 11.1 Å². The van der Waals surface area contributed by atoms with Crippen LogP contribution >= 0.6 is 0 Å². The Kier molecular flexibility index (Phi) is 7.20. The van der Waals surface area contributed by atoms with Crippen LogP contribution in [0.5, 0.6) is 0 Å². The highest BCUT2D eigenvalue weighted by atomic mass is 15.1. The normalized spacial score (nSPS) is 14.6. The third-order valence-corrected chi connectivity index (χ3v) is 2.76. The highest BCUT2D eigenvalue weighted by molar-refractivity contribution is 4.74. The van der Waals surface area contributed by atoms with Gasteiger partial charge < -0.3 is 10.6 Å². The van der Waals surface area contributed by atoms with Crippen molar-refractivity contribution in [2.75, 3.05) is 20.1 Å². The fourth-order valence-electron chi connectivity index (χ4n) is 2.03. The lowest BCUT2D eigenvalue weighted by Gasteiger charge is -2.32. The van der Waals surface area contributed by atoms with Crippen LogP contribution in [0.4, 0.5) is 0 Å². The number of hydrogen-bond donors (Lipinski definition) is 1. The Morgan fingerprint density at radius 3 is 2.20 bits per heavy atom. The Morgan fingerprint density at radius 2 is 1.80 bits per heavy atom. The van der Waals surface area contributed by atoms with Gasteiger partial charge in [0.1, 0.15) is 0 Å². The highest BCUT2D eigenvalue weighted by Gasteiger charge is 2.19. The average molecular weight is 214 g/mol. The van der Waals surface area contributed by atoms with Crippen molar-refractivity contribution in [3.8, 4) is 0 Å².